The lowest BCUT2D eigenvalue weighted by molar-refractivity contribution is -0.131. The highest BCUT2D eigenvalue weighted by molar-refractivity contribution is 7.99. The Bertz CT molecular complexity index is 1050. The molecule has 0 saturated carbocycles. The first-order valence-electron chi connectivity index (χ1n) is 11.7. The van der Waals surface area contributed by atoms with E-state index < -0.39 is 0 Å². The van der Waals surface area contributed by atoms with E-state index in [0.29, 0.717) is 18.8 Å². The Hall–Kier alpha value is -3.25. The molecule has 0 bridgehead atoms. The minimum atomic E-state index is -0.336. The third kappa shape index (κ3) is 8.27. The molecule has 0 aliphatic heterocycles. The number of carbonyl (C=O) groups is 2. The van der Waals surface area contributed by atoms with Crippen LogP contribution in [0.2, 0.25) is 0 Å². The fourth-order valence-electron chi connectivity index (χ4n) is 3.49. The first-order chi connectivity index (χ1) is 16.5. The molecule has 0 fully saturated rings. The predicted molar refractivity (Wildman–Crippen MR) is 139 cm³/mol. The quantitative estimate of drug-likeness (QED) is 0.190. The molecule has 34 heavy (non-hydrogen) atoms. The van der Waals surface area contributed by atoms with Gasteiger partial charge in [0.25, 0.3) is 0 Å². The molecule has 0 unspecified atom stereocenters. The molecule has 0 atom stereocenters. The molecule has 3 aromatic carbocycles. The minimum Gasteiger partial charge on any atom is -0.427 e. The summed E-state index contributed by atoms with van der Waals surface area (Å²) < 4.78 is 5.11. The van der Waals surface area contributed by atoms with Gasteiger partial charge in [0.15, 0.2) is 0 Å². The number of nitrogens with one attached hydrogen (secondary N) is 1. The van der Waals surface area contributed by atoms with Crippen molar-refractivity contribution in [3.8, 4) is 5.75 Å². The van der Waals surface area contributed by atoms with Gasteiger partial charge in [0, 0.05) is 35.5 Å². The highest BCUT2D eigenvalue weighted by Gasteiger charge is 2.16. The van der Waals surface area contributed by atoms with Crippen LogP contribution in [0.4, 0.5) is 10.5 Å². The number of rotatable bonds is 11. The van der Waals surface area contributed by atoms with Crippen molar-refractivity contribution in [2.75, 3.05) is 18.0 Å². The zero-order valence-corrected chi connectivity index (χ0v) is 20.6. The Balaban J connectivity index is 1.73. The van der Waals surface area contributed by atoms with E-state index in [-0.39, 0.29) is 12.0 Å². The van der Waals surface area contributed by atoms with Crippen LogP contribution in [0.5, 0.6) is 5.75 Å². The summed E-state index contributed by atoms with van der Waals surface area (Å²) in [5, 5.41) is 3.08. The molecule has 0 spiro atoms. The first-order valence-corrected chi connectivity index (χ1v) is 12.5. The second-order valence-corrected chi connectivity index (χ2v) is 9.14. The molecule has 0 aliphatic carbocycles. The minimum absolute atomic E-state index is 0.0695. The molecule has 3 aromatic rings. The van der Waals surface area contributed by atoms with Crippen molar-refractivity contribution in [2.24, 2.45) is 0 Å². The fraction of sp³-hybridized carbons (Fsp3) is 0.286. The van der Waals surface area contributed by atoms with E-state index in [0.717, 1.165) is 41.2 Å². The van der Waals surface area contributed by atoms with Crippen molar-refractivity contribution in [1.82, 2.24) is 5.32 Å². The SMILES string of the molecule is CCCCCNC(=O)N(CCc1ccccc1)c1cccc(Sc2ccc(OC(C)=O)cc2)c1. The van der Waals surface area contributed by atoms with Crippen LogP contribution in [0.25, 0.3) is 0 Å². The Morgan fingerprint density at radius 2 is 1.68 bits per heavy atom. The van der Waals surface area contributed by atoms with Crippen LogP contribution in [0.3, 0.4) is 0 Å². The summed E-state index contributed by atoms with van der Waals surface area (Å²) in [5.41, 5.74) is 2.06. The Labute approximate surface area is 206 Å². The molecule has 5 nitrogen and oxygen atoms in total. The maximum Gasteiger partial charge on any atom is 0.321 e. The number of hydrogen-bond donors (Lipinski definition) is 1. The molecular weight excluding hydrogens is 444 g/mol. The molecular formula is C28H32N2O3S. The van der Waals surface area contributed by atoms with Crippen molar-refractivity contribution in [2.45, 2.75) is 49.3 Å². The van der Waals surface area contributed by atoms with Crippen LogP contribution in [-0.2, 0) is 11.2 Å². The highest BCUT2D eigenvalue weighted by atomic mass is 32.2. The Kier molecular flexibility index (Phi) is 10.0. The molecule has 1 N–H and O–H groups in total. The van der Waals surface area contributed by atoms with Gasteiger partial charge in [0.1, 0.15) is 5.75 Å². The molecule has 0 aromatic heterocycles. The van der Waals surface area contributed by atoms with E-state index in [2.05, 4.69) is 24.4 Å². The normalized spacial score (nSPS) is 10.5. The highest BCUT2D eigenvalue weighted by Crippen LogP contribution is 2.31. The van der Waals surface area contributed by atoms with Crippen molar-refractivity contribution in [1.29, 1.82) is 0 Å². The number of carbonyl (C=O) groups excluding carboxylic acids is 2. The summed E-state index contributed by atoms with van der Waals surface area (Å²) in [6.07, 6.45) is 3.98. The first kappa shape index (κ1) is 25.4. The molecule has 0 heterocycles. The van der Waals surface area contributed by atoms with E-state index in [1.54, 1.807) is 23.9 Å². The molecule has 0 saturated heterocycles. The average molecular weight is 477 g/mol. The lowest BCUT2D eigenvalue weighted by Gasteiger charge is -2.24. The largest absolute Gasteiger partial charge is 0.427 e. The summed E-state index contributed by atoms with van der Waals surface area (Å²) in [6.45, 7) is 4.81. The van der Waals surface area contributed by atoms with Crippen LogP contribution in [0.1, 0.15) is 38.7 Å². The third-order valence-corrected chi connectivity index (χ3v) is 6.22. The van der Waals surface area contributed by atoms with Gasteiger partial charge in [-0.05, 0) is 60.9 Å². The van der Waals surface area contributed by atoms with Gasteiger partial charge in [-0.2, -0.15) is 0 Å². The third-order valence-electron chi connectivity index (χ3n) is 5.22. The number of benzene rings is 3. The molecule has 0 aliphatic rings. The summed E-state index contributed by atoms with van der Waals surface area (Å²) >= 11 is 1.60. The van der Waals surface area contributed by atoms with Crippen molar-refractivity contribution < 1.29 is 14.3 Å². The number of unbranched alkanes of at least 4 members (excludes halogenated alkanes) is 2. The van der Waals surface area contributed by atoms with E-state index in [9.17, 15) is 9.59 Å². The molecule has 6 heteroatoms. The zero-order chi connectivity index (χ0) is 24.2. The summed E-state index contributed by atoms with van der Waals surface area (Å²) in [4.78, 5) is 28.1. The van der Waals surface area contributed by atoms with Crippen LogP contribution >= 0.6 is 11.8 Å². The molecule has 178 valence electrons. The van der Waals surface area contributed by atoms with E-state index in [1.165, 1.54) is 12.5 Å². The number of ether oxygens (including phenoxy) is 1. The van der Waals surface area contributed by atoms with Crippen LogP contribution in [-0.4, -0.2) is 25.1 Å². The fourth-order valence-corrected chi connectivity index (χ4v) is 4.36. The van der Waals surface area contributed by atoms with Crippen LogP contribution in [0.15, 0.2) is 88.7 Å². The van der Waals surface area contributed by atoms with Crippen molar-refractivity contribution in [3.63, 3.8) is 0 Å². The number of anilines is 1. The van der Waals surface area contributed by atoms with Crippen molar-refractivity contribution in [3.05, 3.63) is 84.4 Å². The van der Waals surface area contributed by atoms with Gasteiger partial charge in [-0.1, -0.05) is 67.9 Å². The summed E-state index contributed by atoms with van der Waals surface area (Å²) in [6, 6.07) is 25.6. The predicted octanol–water partition coefficient (Wildman–Crippen LogP) is 6.71. The van der Waals surface area contributed by atoms with Gasteiger partial charge >= 0.3 is 12.0 Å². The van der Waals surface area contributed by atoms with Crippen molar-refractivity contribution >= 4 is 29.4 Å². The number of esters is 1. The van der Waals surface area contributed by atoms with E-state index >= 15 is 0 Å². The zero-order valence-electron chi connectivity index (χ0n) is 19.8. The number of nitrogens with zero attached hydrogens (tertiary/aromatic N) is 1. The average Bonchev–Trinajstić information content (AvgIpc) is 2.84. The summed E-state index contributed by atoms with van der Waals surface area (Å²) in [7, 11) is 0. The lowest BCUT2D eigenvalue weighted by atomic mass is 10.1. The second kappa shape index (κ2) is 13.5. The topological polar surface area (TPSA) is 58.6 Å². The van der Waals surface area contributed by atoms with Crippen LogP contribution in [0, 0.1) is 0 Å². The van der Waals surface area contributed by atoms with Gasteiger partial charge in [-0.3, -0.25) is 9.69 Å². The Morgan fingerprint density at radius 1 is 0.912 bits per heavy atom. The van der Waals surface area contributed by atoms with Gasteiger partial charge in [0.05, 0.1) is 0 Å². The van der Waals surface area contributed by atoms with Gasteiger partial charge in [0.2, 0.25) is 0 Å². The van der Waals surface area contributed by atoms with Gasteiger partial charge < -0.3 is 10.1 Å². The van der Waals surface area contributed by atoms with E-state index in [4.69, 9.17) is 4.74 Å². The number of urea groups is 1. The maximum absolute atomic E-state index is 13.1. The van der Waals surface area contributed by atoms with Gasteiger partial charge in [-0.25, -0.2) is 4.79 Å². The monoisotopic (exact) mass is 476 g/mol. The Morgan fingerprint density at radius 3 is 2.38 bits per heavy atom. The van der Waals surface area contributed by atoms with Crippen LogP contribution < -0.4 is 15.0 Å². The van der Waals surface area contributed by atoms with Gasteiger partial charge in [-0.15, -0.1) is 0 Å². The lowest BCUT2D eigenvalue weighted by Crippen LogP contribution is -2.41. The standard InChI is InChI=1S/C28H32N2O3S/c1-3-4-8-19-29-28(32)30(20-18-23-10-6-5-7-11-23)24-12-9-13-27(21-24)34-26-16-14-25(15-17-26)33-22(2)31/h5-7,9-17,21H,3-4,8,18-20H2,1-2H3,(H,29,32). The maximum atomic E-state index is 13.1. The second-order valence-electron chi connectivity index (χ2n) is 7.99. The molecule has 0 radical (unpaired) electrons. The summed E-state index contributed by atoms with van der Waals surface area (Å²) in [5.74, 6) is 0.189. The number of amides is 2. The molecule has 3 rings (SSSR count). The molecule has 2 amide bonds. The van der Waals surface area contributed by atoms with E-state index in [1.807, 2.05) is 59.5 Å². The number of hydrogen-bond acceptors (Lipinski definition) is 4. The smallest absolute Gasteiger partial charge is 0.321 e.